The van der Waals surface area contributed by atoms with Gasteiger partial charge in [-0.15, -0.1) is 0 Å². The van der Waals surface area contributed by atoms with Crippen LogP contribution in [0.3, 0.4) is 0 Å². The van der Waals surface area contributed by atoms with Crippen molar-refractivity contribution in [1.29, 1.82) is 0 Å². The molecule has 0 aromatic rings. The number of hydrogen-bond donors (Lipinski definition) is 1. The van der Waals surface area contributed by atoms with E-state index in [0.29, 0.717) is 0 Å². The standard InChI is InChI=1S/C28H52O12Si2/c1-16(29)33-14-19-21(35-17(2)30)24(36-18(3)31)26(38-19)34-15-20-22(39-41(10,11)27(4,5)6)23(25(32)37-20)40-42(12,13)28(7,8)9/h19-26,32H,14-15H2,1-13H3/t19-,20-,21-,22-,23+,24+,25+,26+/m1/s1. The van der Waals surface area contributed by atoms with Gasteiger partial charge in [0.2, 0.25) is 0 Å². The van der Waals surface area contributed by atoms with E-state index in [1.165, 1.54) is 20.8 Å². The van der Waals surface area contributed by atoms with Crippen LogP contribution in [-0.4, -0.2) is 102 Å². The number of aliphatic hydroxyl groups excluding tert-OH is 1. The Hall–Kier alpha value is -1.40. The summed E-state index contributed by atoms with van der Waals surface area (Å²) in [5.74, 6) is -1.83. The van der Waals surface area contributed by atoms with Gasteiger partial charge in [0.25, 0.3) is 0 Å². The summed E-state index contributed by atoms with van der Waals surface area (Å²) in [6.45, 7) is 24.4. The lowest BCUT2D eigenvalue weighted by Gasteiger charge is -2.43. The Morgan fingerprint density at radius 3 is 1.57 bits per heavy atom. The highest BCUT2D eigenvalue weighted by atomic mass is 28.4. The van der Waals surface area contributed by atoms with Gasteiger partial charge in [-0.2, -0.15) is 0 Å². The zero-order chi connectivity index (χ0) is 32.4. The van der Waals surface area contributed by atoms with Crippen LogP contribution < -0.4 is 0 Å². The Morgan fingerprint density at radius 2 is 1.12 bits per heavy atom. The van der Waals surface area contributed by atoms with Gasteiger partial charge in [-0.1, -0.05) is 41.5 Å². The van der Waals surface area contributed by atoms with Crippen molar-refractivity contribution < 1.29 is 56.8 Å². The highest BCUT2D eigenvalue weighted by Crippen LogP contribution is 2.43. The average Bonchev–Trinajstić information content (AvgIpc) is 3.25. The lowest BCUT2D eigenvalue weighted by atomic mass is 10.1. The summed E-state index contributed by atoms with van der Waals surface area (Å²) in [6, 6.07) is 0. The van der Waals surface area contributed by atoms with Crippen LogP contribution >= 0.6 is 0 Å². The van der Waals surface area contributed by atoms with Crippen LogP contribution in [-0.2, 0) is 51.7 Å². The third-order valence-electron chi connectivity index (χ3n) is 8.51. The molecule has 2 rings (SSSR count). The average molecular weight is 637 g/mol. The molecule has 0 aliphatic carbocycles. The van der Waals surface area contributed by atoms with Crippen LogP contribution in [0.4, 0.5) is 0 Å². The number of aliphatic hydroxyl groups is 1. The van der Waals surface area contributed by atoms with Crippen LogP contribution in [0, 0.1) is 0 Å². The first-order valence-electron chi connectivity index (χ1n) is 14.4. The maximum atomic E-state index is 12.0. The molecule has 0 radical (unpaired) electrons. The van der Waals surface area contributed by atoms with Crippen LogP contribution in [0.1, 0.15) is 62.3 Å². The van der Waals surface area contributed by atoms with E-state index in [-0.39, 0.29) is 23.3 Å². The number of esters is 3. The van der Waals surface area contributed by atoms with Gasteiger partial charge in [0, 0.05) is 20.8 Å². The van der Waals surface area contributed by atoms with E-state index in [1.807, 2.05) is 0 Å². The van der Waals surface area contributed by atoms with Gasteiger partial charge >= 0.3 is 17.9 Å². The second-order valence-corrected chi connectivity index (χ2v) is 23.6. The highest BCUT2D eigenvalue weighted by molar-refractivity contribution is 6.74. The number of hydrogen-bond acceptors (Lipinski definition) is 12. The molecule has 0 unspecified atom stereocenters. The molecule has 12 nitrogen and oxygen atoms in total. The molecule has 42 heavy (non-hydrogen) atoms. The van der Waals surface area contributed by atoms with Crippen molar-refractivity contribution in [3.8, 4) is 0 Å². The molecule has 2 saturated heterocycles. The van der Waals surface area contributed by atoms with Gasteiger partial charge in [-0.3, -0.25) is 14.4 Å². The molecule has 14 heteroatoms. The van der Waals surface area contributed by atoms with Gasteiger partial charge in [0.15, 0.2) is 41.4 Å². The molecular weight excluding hydrogens is 584 g/mol. The normalized spacial score (nSPS) is 30.7. The van der Waals surface area contributed by atoms with Gasteiger partial charge in [-0.25, -0.2) is 0 Å². The molecule has 8 atom stereocenters. The van der Waals surface area contributed by atoms with E-state index >= 15 is 0 Å². The van der Waals surface area contributed by atoms with Crippen LogP contribution in [0.25, 0.3) is 0 Å². The second kappa shape index (κ2) is 13.7. The van der Waals surface area contributed by atoms with Gasteiger partial charge in [0.05, 0.1) is 6.61 Å². The number of rotatable bonds is 11. The Kier molecular flexibility index (Phi) is 12.0. The van der Waals surface area contributed by atoms with Crippen molar-refractivity contribution in [2.75, 3.05) is 13.2 Å². The Balaban J connectivity index is 2.36. The van der Waals surface area contributed by atoms with Crippen LogP contribution in [0.2, 0.25) is 36.3 Å². The second-order valence-electron chi connectivity index (χ2n) is 14.1. The summed E-state index contributed by atoms with van der Waals surface area (Å²) < 4.78 is 47.4. The van der Waals surface area contributed by atoms with E-state index in [1.54, 1.807) is 0 Å². The molecule has 2 fully saturated rings. The fourth-order valence-electron chi connectivity index (χ4n) is 4.14. The summed E-state index contributed by atoms with van der Waals surface area (Å²) in [7, 11) is -4.73. The fraction of sp³-hybridized carbons (Fsp3) is 0.893. The number of ether oxygens (including phenoxy) is 6. The van der Waals surface area contributed by atoms with E-state index in [0.717, 1.165) is 0 Å². The molecule has 2 aliphatic heterocycles. The zero-order valence-corrected chi connectivity index (χ0v) is 29.5. The van der Waals surface area contributed by atoms with Crippen molar-refractivity contribution >= 4 is 34.5 Å². The van der Waals surface area contributed by atoms with Gasteiger partial charge in [-0.05, 0) is 36.3 Å². The molecule has 0 bridgehead atoms. The van der Waals surface area contributed by atoms with E-state index in [4.69, 9.17) is 37.3 Å². The highest BCUT2D eigenvalue weighted by Gasteiger charge is 2.55. The molecule has 244 valence electrons. The van der Waals surface area contributed by atoms with E-state index in [9.17, 15) is 19.5 Å². The van der Waals surface area contributed by atoms with Gasteiger partial charge in [0.1, 0.15) is 31.0 Å². The monoisotopic (exact) mass is 636 g/mol. The van der Waals surface area contributed by atoms with Crippen LogP contribution in [0.5, 0.6) is 0 Å². The molecule has 1 N–H and O–H groups in total. The zero-order valence-electron chi connectivity index (χ0n) is 27.5. The fourth-order valence-corrected chi connectivity index (χ4v) is 6.75. The third kappa shape index (κ3) is 9.30. The van der Waals surface area contributed by atoms with Crippen molar-refractivity contribution in [2.24, 2.45) is 0 Å². The van der Waals surface area contributed by atoms with Crippen molar-refractivity contribution in [1.82, 2.24) is 0 Å². The summed E-state index contributed by atoms with van der Waals surface area (Å²) >= 11 is 0. The predicted molar refractivity (Wildman–Crippen MR) is 157 cm³/mol. The van der Waals surface area contributed by atoms with Crippen molar-refractivity contribution in [2.45, 2.75) is 148 Å². The smallest absolute Gasteiger partial charge is 0.303 e. The molecule has 2 aliphatic rings. The third-order valence-corrected chi connectivity index (χ3v) is 17.5. The Labute approximate surface area is 252 Å². The lowest BCUT2D eigenvalue weighted by molar-refractivity contribution is -0.207. The summed E-state index contributed by atoms with van der Waals surface area (Å²) in [5.41, 5.74) is 0. The molecule has 0 saturated carbocycles. The first kappa shape index (κ1) is 36.8. The molecule has 0 aromatic heterocycles. The number of carbonyl (C=O) groups excluding carboxylic acids is 3. The predicted octanol–water partition coefficient (Wildman–Crippen LogP) is 3.65. The van der Waals surface area contributed by atoms with Crippen molar-refractivity contribution in [3.63, 3.8) is 0 Å². The maximum Gasteiger partial charge on any atom is 0.303 e. The summed E-state index contributed by atoms with van der Waals surface area (Å²) in [6.07, 6.45) is -7.80. The summed E-state index contributed by atoms with van der Waals surface area (Å²) in [5, 5.41) is 10.8. The maximum absolute atomic E-state index is 12.0. The minimum Gasteiger partial charge on any atom is -0.463 e. The summed E-state index contributed by atoms with van der Waals surface area (Å²) in [4.78, 5) is 35.3. The molecule has 0 spiro atoms. The Bertz CT molecular complexity index is 958. The Morgan fingerprint density at radius 1 is 0.667 bits per heavy atom. The van der Waals surface area contributed by atoms with Crippen LogP contribution in [0.15, 0.2) is 0 Å². The molecule has 0 amide bonds. The van der Waals surface area contributed by atoms with E-state index < -0.39 is 83.7 Å². The van der Waals surface area contributed by atoms with E-state index in [2.05, 4.69) is 67.7 Å². The first-order valence-corrected chi connectivity index (χ1v) is 20.2. The SMILES string of the molecule is CC(=O)OC[C@H]1O[C@H](OC[C@H]2O[C@H](O)[C@@H](O[Si](C)(C)C(C)(C)C)[C@@H]2O[Si](C)(C)C(C)(C)C)[C@@H](OC(C)=O)[C@@H]1OC(C)=O. The molecule has 0 aromatic carbocycles. The molecule has 2 heterocycles. The van der Waals surface area contributed by atoms with Crippen molar-refractivity contribution in [3.05, 3.63) is 0 Å². The minimum absolute atomic E-state index is 0.122. The number of carbonyl (C=O) groups is 3. The largest absolute Gasteiger partial charge is 0.463 e. The van der Waals surface area contributed by atoms with Gasteiger partial charge < -0.3 is 42.4 Å². The lowest BCUT2D eigenvalue weighted by Crippen LogP contribution is -2.54. The quantitative estimate of drug-likeness (QED) is 0.201. The minimum atomic E-state index is -2.38. The molecular formula is C28H52O12Si2. The first-order chi connectivity index (χ1) is 19.0. The topological polar surface area (TPSA) is 145 Å².